The molecule has 1 aromatic heterocycles. The van der Waals surface area contributed by atoms with Gasteiger partial charge in [0.2, 0.25) is 0 Å². The van der Waals surface area contributed by atoms with Gasteiger partial charge in [-0.3, -0.25) is 4.68 Å². The van der Waals surface area contributed by atoms with E-state index in [2.05, 4.69) is 34.3 Å². The Hall–Kier alpha value is -0.570. The molecule has 0 bridgehead atoms. The van der Waals surface area contributed by atoms with Gasteiger partial charge in [0.1, 0.15) is 0 Å². The second kappa shape index (κ2) is 3.90. The van der Waals surface area contributed by atoms with Crippen LogP contribution in [-0.2, 0) is 0 Å². The number of thioether (sulfide) groups is 1. The molecule has 1 fully saturated rings. The van der Waals surface area contributed by atoms with Crippen molar-refractivity contribution < 1.29 is 0 Å². The molecule has 3 heteroatoms. The van der Waals surface area contributed by atoms with E-state index in [0.29, 0.717) is 6.04 Å². The minimum atomic E-state index is 0.679. The normalized spacial score (nSPS) is 19.3. The van der Waals surface area contributed by atoms with E-state index in [1.165, 1.54) is 24.3 Å². The van der Waals surface area contributed by atoms with Crippen LogP contribution in [0.2, 0.25) is 0 Å². The molecule has 1 aliphatic heterocycles. The lowest BCUT2D eigenvalue weighted by Crippen LogP contribution is -2.30. The topological polar surface area (TPSA) is 17.0 Å². The Labute approximate surface area is 77.3 Å². The Morgan fingerprint density at radius 1 is 1.17 bits per heavy atom. The van der Waals surface area contributed by atoms with Crippen molar-refractivity contribution in [2.75, 3.05) is 16.9 Å². The maximum atomic E-state index is 3.46. The molecule has 1 N–H and O–H groups in total. The molecule has 0 unspecified atom stereocenters. The van der Waals surface area contributed by atoms with Crippen molar-refractivity contribution in [3.05, 3.63) is 24.5 Å². The molecule has 66 valence electrons. The number of aromatic nitrogens is 1. The van der Waals surface area contributed by atoms with E-state index in [4.69, 9.17) is 0 Å². The summed E-state index contributed by atoms with van der Waals surface area (Å²) in [7, 11) is 0. The molecule has 0 radical (unpaired) electrons. The molecule has 1 aromatic rings. The van der Waals surface area contributed by atoms with Crippen LogP contribution in [0.3, 0.4) is 0 Å². The zero-order valence-electron chi connectivity index (χ0n) is 7.07. The van der Waals surface area contributed by atoms with Crippen molar-refractivity contribution in [3.8, 4) is 0 Å². The number of rotatable bonds is 2. The second-order valence-electron chi connectivity index (χ2n) is 3.11. The van der Waals surface area contributed by atoms with Gasteiger partial charge in [-0.25, -0.2) is 0 Å². The number of nitrogens with one attached hydrogen (secondary N) is 1. The maximum Gasteiger partial charge on any atom is 0.0440 e. The molecule has 0 aliphatic carbocycles. The molecule has 2 rings (SSSR count). The predicted molar refractivity (Wildman–Crippen MR) is 54.1 cm³/mol. The van der Waals surface area contributed by atoms with Crippen LogP contribution in [0.4, 0.5) is 0 Å². The molecule has 0 spiro atoms. The Balaban J connectivity index is 1.86. The van der Waals surface area contributed by atoms with Gasteiger partial charge < -0.3 is 5.43 Å². The zero-order valence-corrected chi connectivity index (χ0v) is 7.89. The summed E-state index contributed by atoms with van der Waals surface area (Å²) < 4.78 is 2.06. The summed E-state index contributed by atoms with van der Waals surface area (Å²) in [4.78, 5) is 0. The van der Waals surface area contributed by atoms with Crippen LogP contribution in [0.25, 0.3) is 0 Å². The fraction of sp³-hybridized carbons (Fsp3) is 0.556. The van der Waals surface area contributed by atoms with Gasteiger partial charge in [-0.15, -0.1) is 0 Å². The molecule has 1 saturated heterocycles. The van der Waals surface area contributed by atoms with Crippen LogP contribution in [0, 0.1) is 0 Å². The van der Waals surface area contributed by atoms with E-state index in [9.17, 15) is 0 Å². The lowest BCUT2D eigenvalue weighted by molar-refractivity contribution is 0.598. The fourth-order valence-corrected chi connectivity index (χ4v) is 2.56. The maximum absolute atomic E-state index is 3.46. The van der Waals surface area contributed by atoms with Gasteiger partial charge in [0, 0.05) is 18.4 Å². The monoisotopic (exact) mass is 182 g/mol. The first kappa shape index (κ1) is 8.05. The van der Waals surface area contributed by atoms with Crippen molar-refractivity contribution in [2.24, 2.45) is 0 Å². The molecular weight excluding hydrogens is 168 g/mol. The van der Waals surface area contributed by atoms with E-state index in [1.54, 1.807) is 0 Å². The highest BCUT2D eigenvalue weighted by Crippen LogP contribution is 2.17. The first-order chi connectivity index (χ1) is 5.95. The number of nitrogens with zero attached hydrogens (tertiary/aromatic N) is 1. The van der Waals surface area contributed by atoms with E-state index in [1.807, 2.05) is 12.1 Å². The summed E-state index contributed by atoms with van der Waals surface area (Å²) in [5.41, 5.74) is 3.46. The first-order valence-corrected chi connectivity index (χ1v) is 5.58. The fourth-order valence-electron chi connectivity index (χ4n) is 1.46. The molecule has 2 heterocycles. The van der Waals surface area contributed by atoms with E-state index in [0.717, 1.165) is 0 Å². The predicted octanol–water partition coefficient (Wildman–Crippen LogP) is 1.93. The highest BCUT2D eigenvalue weighted by atomic mass is 32.2. The minimum Gasteiger partial charge on any atom is -0.323 e. The summed E-state index contributed by atoms with van der Waals surface area (Å²) in [6.07, 6.45) is 6.70. The number of hydrogen-bond acceptors (Lipinski definition) is 2. The lowest BCUT2D eigenvalue weighted by atomic mass is 10.2. The second-order valence-corrected chi connectivity index (χ2v) is 4.33. The lowest BCUT2D eigenvalue weighted by Gasteiger charge is -2.23. The van der Waals surface area contributed by atoms with E-state index >= 15 is 0 Å². The van der Waals surface area contributed by atoms with Gasteiger partial charge in [0.05, 0.1) is 0 Å². The third kappa shape index (κ3) is 1.97. The van der Waals surface area contributed by atoms with E-state index < -0.39 is 0 Å². The number of hydrogen-bond donors (Lipinski definition) is 1. The van der Waals surface area contributed by atoms with Crippen LogP contribution >= 0.6 is 11.8 Å². The van der Waals surface area contributed by atoms with Gasteiger partial charge in [0.15, 0.2) is 0 Å². The van der Waals surface area contributed by atoms with Crippen LogP contribution in [-0.4, -0.2) is 22.2 Å². The van der Waals surface area contributed by atoms with Crippen molar-refractivity contribution in [2.45, 2.75) is 18.9 Å². The SMILES string of the molecule is c1ccn(NC2CCSCC2)c1. The molecule has 0 atom stereocenters. The van der Waals surface area contributed by atoms with Crippen molar-refractivity contribution in [1.82, 2.24) is 4.68 Å². The molecule has 0 saturated carbocycles. The highest BCUT2D eigenvalue weighted by molar-refractivity contribution is 7.99. The van der Waals surface area contributed by atoms with Crippen LogP contribution in [0.5, 0.6) is 0 Å². The summed E-state index contributed by atoms with van der Waals surface area (Å²) in [6, 6.07) is 4.77. The van der Waals surface area contributed by atoms with Gasteiger partial charge in [-0.2, -0.15) is 11.8 Å². The Bertz CT molecular complexity index is 214. The Morgan fingerprint density at radius 3 is 2.50 bits per heavy atom. The average Bonchev–Trinajstić information content (AvgIpc) is 2.59. The molecule has 1 aliphatic rings. The van der Waals surface area contributed by atoms with Crippen LogP contribution in [0.15, 0.2) is 24.5 Å². The smallest absolute Gasteiger partial charge is 0.0440 e. The van der Waals surface area contributed by atoms with Crippen molar-refractivity contribution in [1.29, 1.82) is 0 Å². The quantitative estimate of drug-likeness (QED) is 0.752. The van der Waals surface area contributed by atoms with E-state index in [-0.39, 0.29) is 0 Å². The van der Waals surface area contributed by atoms with Gasteiger partial charge in [-0.1, -0.05) is 0 Å². The third-order valence-corrected chi connectivity index (χ3v) is 3.21. The summed E-state index contributed by atoms with van der Waals surface area (Å²) in [6.45, 7) is 0. The van der Waals surface area contributed by atoms with Crippen molar-refractivity contribution >= 4 is 11.8 Å². The molecular formula is C9H14N2S. The highest BCUT2D eigenvalue weighted by Gasteiger charge is 2.12. The largest absolute Gasteiger partial charge is 0.323 e. The minimum absolute atomic E-state index is 0.679. The first-order valence-electron chi connectivity index (χ1n) is 4.42. The Morgan fingerprint density at radius 2 is 1.83 bits per heavy atom. The van der Waals surface area contributed by atoms with Gasteiger partial charge in [0.25, 0.3) is 0 Å². The Kier molecular flexibility index (Phi) is 2.61. The molecule has 0 amide bonds. The van der Waals surface area contributed by atoms with Crippen LogP contribution in [0.1, 0.15) is 12.8 Å². The summed E-state index contributed by atoms with van der Waals surface area (Å²) >= 11 is 2.06. The van der Waals surface area contributed by atoms with Crippen LogP contribution < -0.4 is 5.43 Å². The molecule has 2 nitrogen and oxygen atoms in total. The third-order valence-electron chi connectivity index (χ3n) is 2.16. The zero-order chi connectivity index (χ0) is 8.23. The van der Waals surface area contributed by atoms with Crippen molar-refractivity contribution in [3.63, 3.8) is 0 Å². The van der Waals surface area contributed by atoms with Gasteiger partial charge >= 0.3 is 0 Å². The summed E-state index contributed by atoms with van der Waals surface area (Å²) in [5.74, 6) is 2.61. The average molecular weight is 182 g/mol. The molecule has 12 heavy (non-hydrogen) atoms. The summed E-state index contributed by atoms with van der Waals surface area (Å²) in [5, 5.41) is 0. The van der Waals surface area contributed by atoms with Gasteiger partial charge in [-0.05, 0) is 36.5 Å². The molecule has 0 aromatic carbocycles. The standard InChI is InChI=1S/C9H14N2S/c1-2-6-11(5-1)10-9-3-7-12-8-4-9/h1-2,5-6,9-10H,3-4,7-8H2.